The normalized spacial score (nSPS) is 10.6. The molecule has 0 bridgehead atoms. The van der Waals surface area contributed by atoms with Gasteiger partial charge in [0.15, 0.2) is 0 Å². The van der Waals surface area contributed by atoms with Gasteiger partial charge in [-0.1, -0.05) is 11.6 Å². The van der Waals surface area contributed by atoms with Gasteiger partial charge in [0, 0.05) is 11.2 Å². The summed E-state index contributed by atoms with van der Waals surface area (Å²) in [5, 5.41) is 18.9. The van der Waals surface area contributed by atoms with Crippen LogP contribution >= 0.6 is 11.6 Å². The Balaban J connectivity index is 2.85. The monoisotopic (exact) mass is 211 g/mol. The highest BCUT2D eigenvalue weighted by atomic mass is 35.5. The fraction of sp³-hybridized carbons (Fsp3) is 0. The van der Waals surface area contributed by atoms with Gasteiger partial charge in [-0.3, -0.25) is 0 Å². The molecule has 3 N–H and O–H groups in total. The highest BCUT2D eigenvalue weighted by Gasteiger charge is 2.14. The van der Waals surface area contributed by atoms with Gasteiger partial charge in [-0.05, 0) is 12.1 Å². The average Bonchev–Trinajstić information content (AvgIpc) is 2.47. The van der Waals surface area contributed by atoms with Crippen LogP contribution in [0.5, 0.6) is 5.75 Å². The fourth-order valence-corrected chi connectivity index (χ4v) is 1.59. The second-order valence-electron chi connectivity index (χ2n) is 2.85. The molecule has 1 aromatic carbocycles. The quantitative estimate of drug-likeness (QED) is 0.677. The van der Waals surface area contributed by atoms with Crippen LogP contribution in [-0.2, 0) is 0 Å². The summed E-state index contributed by atoms with van der Waals surface area (Å²) in [4.78, 5) is 13.5. The third-order valence-electron chi connectivity index (χ3n) is 1.95. The number of H-pyrrole nitrogens is 1. The van der Waals surface area contributed by atoms with Gasteiger partial charge in [-0.25, -0.2) is 4.79 Å². The Morgan fingerprint density at radius 2 is 2.14 bits per heavy atom. The van der Waals surface area contributed by atoms with E-state index in [0.717, 1.165) is 0 Å². The van der Waals surface area contributed by atoms with Crippen LogP contribution in [0.25, 0.3) is 10.9 Å². The van der Waals surface area contributed by atoms with Gasteiger partial charge in [0.25, 0.3) is 0 Å². The van der Waals surface area contributed by atoms with Crippen LogP contribution in [0.3, 0.4) is 0 Å². The summed E-state index contributed by atoms with van der Waals surface area (Å²) in [6.07, 6.45) is 1.32. The number of aromatic amines is 1. The van der Waals surface area contributed by atoms with Gasteiger partial charge >= 0.3 is 5.97 Å². The highest BCUT2D eigenvalue weighted by Crippen LogP contribution is 2.31. The van der Waals surface area contributed by atoms with Crippen molar-refractivity contribution in [3.05, 3.63) is 28.9 Å². The Hall–Kier alpha value is -1.68. The molecule has 14 heavy (non-hydrogen) atoms. The number of aromatic carboxylic acids is 1. The number of carbonyl (C=O) groups is 1. The van der Waals surface area contributed by atoms with Crippen molar-refractivity contribution in [1.82, 2.24) is 4.98 Å². The lowest BCUT2D eigenvalue weighted by Gasteiger charge is -1.97. The molecular formula is C9H6ClNO3. The van der Waals surface area contributed by atoms with Crippen molar-refractivity contribution in [2.75, 3.05) is 0 Å². The Labute approximate surface area is 83.7 Å². The van der Waals surface area contributed by atoms with E-state index in [9.17, 15) is 9.90 Å². The molecule has 0 amide bonds. The number of aromatic hydroxyl groups is 1. The highest BCUT2D eigenvalue weighted by molar-refractivity contribution is 6.31. The summed E-state index contributed by atoms with van der Waals surface area (Å²) in [6.45, 7) is 0. The first-order valence-electron chi connectivity index (χ1n) is 3.82. The molecule has 2 aromatic rings. The molecular weight excluding hydrogens is 206 g/mol. The standard InChI is InChI=1S/C9H6ClNO3/c10-4-1-6-8(7(12)2-4)5(3-11-6)9(13)14/h1-3,11-12H,(H,13,14). The third kappa shape index (κ3) is 1.20. The molecule has 0 aliphatic heterocycles. The number of fused-ring (bicyclic) bond motifs is 1. The van der Waals surface area contributed by atoms with E-state index in [1.807, 2.05) is 0 Å². The molecule has 72 valence electrons. The number of aromatic nitrogens is 1. The topological polar surface area (TPSA) is 73.3 Å². The van der Waals surface area contributed by atoms with E-state index < -0.39 is 5.97 Å². The van der Waals surface area contributed by atoms with Crippen molar-refractivity contribution in [3.8, 4) is 5.75 Å². The van der Waals surface area contributed by atoms with Crippen molar-refractivity contribution in [2.45, 2.75) is 0 Å². The third-order valence-corrected chi connectivity index (χ3v) is 2.17. The number of halogens is 1. The van der Waals surface area contributed by atoms with Gasteiger partial charge < -0.3 is 15.2 Å². The number of nitrogens with one attached hydrogen (secondary N) is 1. The number of rotatable bonds is 1. The first-order chi connectivity index (χ1) is 6.59. The molecule has 0 saturated heterocycles. The number of benzene rings is 1. The van der Waals surface area contributed by atoms with Crippen LogP contribution < -0.4 is 0 Å². The maximum atomic E-state index is 10.7. The number of phenolic OH excluding ortho intramolecular Hbond substituents is 1. The van der Waals surface area contributed by atoms with E-state index in [2.05, 4.69) is 4.98 Å². The Kier molecular flexibility index (Phi) is 1.86. The second kappa shape index (κ2) is 2.92. The SMILES string of the molecule is O=C(O)c1c[nH]c2cc(Cl)cc(O)c12. The van der Waals surface area contributed by atoms with E-state index in [-0.39, 0.29) is 16.7 Å². The fourth-order valence-electron chi connectivity index (χ4n) is 1.38. The molecule has 0 radical (unpaired) electrons. The predicted octanol–water partition coefficient (Wildman–Crippen LogP) is 2.23. The lowest BCUT2D eigenvalue weighted by Crippen LogP contribution is -1.93. The zero-order valence-electron chi connectivity index (χ0n) is 6.91. The average molecular weight is 212 g/mol. The van der Waals surface area contributed by atoms with Crippen LogP contribution in [0.15, 0.2) is 18.3 Å². The van der Waals surface area contributed by atoms with E-state index in [4.69, 9.17) is 16.7 Å². The first-order valence-corrected chi connectivity index (χ1v) is 4.20. The van der Waals surface area contributed by atoms with Crippen LogP contribution in [-0.4, -0.2) is 21.2 Å². The molecule has 0 unspecified atom stereocenters. The predicted molar refractivity (Wildman–Crippen MR) is 51.9 cm³/mol. The van der Waals surface area contributed by atoms with Crippen molar-refractivity contribution < 1.29 is 15.0 Å². The minimum absolute atomic E-state index is 0.0363. The largest absolute Gasteiger partial charge is 0.507 e. The number of carboxylic acids is 1. The van der Waals surface area contributed by atoms with Gasteiger partial charge in [0.05, 0.1) is 16.5 Å². The number of hydrogen-bond acceptors (Lipinski definition) is 2. The summed E-state index contributed by atoms with van der Waals surface area (Å²) in [7, 11) is 0. The molecule has 2 rings (SSSR count). The lowest BCUT2D eigenvalue weighted by molar-refractivity contribution is 0.0699. The maximum absolute atomic E-state index is 10.7. The van der Waals surface area contributed by atoms with Crippen molar-refractivity contribution in [3.63, 3.8) is 0 Å². The van der Waals surface area contributed by atoms with Crippen LogP contribution in [0.1, 0.15) is 10.4 Å². The van der Waals surface area contributed by atoms with E-state index >= 15 is 0 Å². The Morgan fingerprint density at radius 3 is 2.79 bits per heavy atom. The van der Waals surface area contributed by atoms with Gasteiger partial charge in [-0.2, -0.15) is 0 Å². The molecule has 4 nitrogen and oxygen atoms in total. The summed E-state index contributed by atoms with van der Waals surface area (Å²) in [5.41, 5.74) is 0.543. The number of phenols is 1. The van der Waals surface area contributed by atoms with Crippen molar-refractivity contribution in [2.24, 2.45) is 0 Å². The van der Waals surface area contributed by atoms with Crippen LogP contribution in [0.2, 0.25) is 5.02 Å². The summed E-state index contributed by atoms with van der Waals surface area (Å²) < 4.78 is 0. The Bertz CT molecular complexity index is 518. The summed E-state index contributed by atoms with van der Waals surface area (Å²) in [6, 6.07) is 2.87. The van der Waals surface area contributed by atoms with Crippen LogP contribution in [0.4, 0.5) is 0 Å². The van der Waals surface area contributed by atoms with E-state index in [0.29, 0.717) is 10.5 Å². The van der Waals surface area contributed by atoms with Crippen molar-refractivity contribution >= 4 is 28.5 Å². The minimum atomic E-state index is -1.09. The molecule has 0 fully saturated rings. The van der Waals surface area contributed by atoms with Gasteiger partial charge in [-0.15, -0.1) is 0 Å². The van der Waals surface area contributed by atoms with Gasteiger partial charge in [0.1, 0.15) is 5.75 Å². The molecule has 5 heteroatoms. The number of carboxylic acid groups (broad SMARTS) is 1. The van der Waals surface area contributed by atoms with Crippen molar-refractivity contribution in [1.29, 1.82) is 0 Å². The first kappa shape index (κ1) is 8.90. The van der Waals surface area contributed by atoms with E-state index in [1.165, 1.54) is 12.3 Å². The molecule has 0 atom stereocenters. The lowest BCUT2D eigenvalue weighted by atomic mass is 10.1. The minimum Gasteiger partial charge on any atom is -0.507 e. The zero-order chi connectivity index (χ0) is 10.3. The number of hydrogen-bond donors (Lipinski definition) is 3. The second-order valence-corrected chi connectivity index (χ2v) is 3.29. The molecule has 1 aromatic heterocycles. The van der Waals surface area contributed by atoms with Crippen LogP contribution in [0, 0.1) is 0 Å². The maximum Gasteiger partial charge on any atom is 0.338 e. The van der Waals surface area contributed by atoms with Gasteiger partial charge in [0.2, 0.25) is 0 Å². The molecule has 0 saturated carbocycles. The smallest absolute Gasteiger partial charge is 0.338 e. The Morgan fingerprint density at radius 1 is 1.43 bits per heavy atom. The molecule has 0 aliphatic carbocycles. The zero-order valence-corrected chi connectivity index (χ0v) is 7.67. The molecule has 1 heterocycles. The summed E-state index contributed by atoms with van der Waals surface area (Å²) >= 11 is 5.69. The molecule has 0 aliphatic rings. The molecule has 0 spiro atoms. The van der Waals surface area contributed by atoms with E-state index in [1.54, 1.807) is 6.07 Å². The summed E-state index contributed by atoms with van der Waals surface area (Å²) in [5.74, 6) is -1.22.